The molecular formula is C12H18N2. The van der Waals surface area contributed by atoms with Gasteiger partial charge in [0, 0.05) is 6.20 Å². The number of nitrogens with two attached hydrogens (primary N) is 1. The van der Waals surface area contributed by atoms with Crippen LogP contribution in [0.2, 0.25) is 0 Å². The number of hydrogen-bond acceptors (Lipinski definition) is 2. The molecule has 0 amide bonds. The molecule has 1 aliphatic rings. The van der Waals surface area contributed by atoms with Crippen LogP contribution in [0.1, 0.15) is 49.1 Å². The summed E-state index contributed by atoms with van der Waals surface area (Å²) in [6, 6.07) is 2.21. The maximum atomic E-state index is 5.91. The quantitative estimate of drug-likeness (QED) is 0.739. The zero-order chi connectivity index (χ0) is 9.97. The molecule has 76 valence electrons. The molecule has 1 aromatic rings. The van der Waals surface area contributed by atoms with Crippen molar-refractivity contribution in [1.82, 2.24) is 4.98 Å². The zero-order valence-corrected chi connectivity index (χ0v) is 8.79. The highest BCUT2D eigenvalue weighted by Gasteiger charge is 2.18. The lowest BCUT2D eigenvalue weighted by Crippen LogP contribution is -2.08. The predicted molar refractivity (Wildman–Crippen MR) is 59.2 cm³/mol. The monoisotopic (exact) mass is 190 g/mol. The molecular weight excluding hydrogens is 172 g/mol. The highest BCUT2D eigenvalue weighted by Crippen LogP contribution is 2.34. The fraction of sp³-hybridized carbons (Fsp3) is 0.583. The van der Waals surface area contributed by atoms with Crippen LogP contribution in [0.5, 0.6) is 0 Å². The summed E-state index contributed by atoms with van der Waals surface area (Å²) >= 11 is 0. The molecule has 2 heteroatoms. The number of rotatable bonds is 1. The van der Waals surface area contributed by atoms with Gasteiger partial charge in [0.15, 0.2) is 0 Å². The Kier molecular flexibility index (Phi) is 2.71. The smallest absolute Gasteiger partial charge is 0.126 e. The van der Waals surface area contributed by atoms with Crippen LogP contribution < -0.4 is 5.73 Å². The summed E-state index contributed by atoms with van der Waals surface area (Å²) in [5.74, 6) is 1.40. The fourth-order valence-corrected chi connectivity index (χ4v) is 2.34. The summed E-state index contributed by atoms with van der Waals surface area (Å²) in [6.45, 7) is 2.08. The molecule has 0 radical (unpaired) electrons. The van der Waals surface area contributed by atoms with Crippen molar-refractivity contribution in [3.05, 3.63) is 23.4 Å². The minimum absolute atomic E-state index is 0.663. The van der Waals surface area contributed by atoms with Gasteiger partial charge in [0.2, 0.25) is 0 Å². The number of anilines is 1. The number of hydrogen-bond donors (Lipinski definition) is 1. The maximum Gasteiger partial charge on any atom is 0.126 e. The molecule has 1 saturated carbocycles. The molecule has 1 aliphatic carbocycles. The molecule has 0 aromatic carbocycles. The van der Waals surface area contributed by atoms with E-state index in [2.05, 4.69) is 18.0 Å². The summed E-state index contributed by atoms with van der Waals surface area (Å²) < 4.78 is 0. The summed E-state index contributed by atoms with van der Waals surface area (Å²) in [7, 11) is 0. The first-order valence-electron chi connectivity index (χ1n) is 5.49. The Morgan fingerprint density at radius 1 is 1.29 bits per heavy atom. The lowest BCUT2D eigenvalue weighted by Gasteiger charge is -2.22. The van der Waals surface area contributed by atoms with E-state index in [4.69, 9.17) is 5.73 Å². The van der Waals surface area contributed by atoms with E-state index in [1.165, 1.54) is 43.2 Å². The molecule has 14 heavy (non-hydrogen) atoms. The molecule has 1 fully saturated rings. The second-order valence-corrected chi connectivity index (χ2v) is 4.32. The van der Waals surface area contributed by atoms with Crippen molar-refractivity contribution in [3.8, 4) is 0 Å². The Hall–Kier alpha value is -1.05. The van der Waals surface area contributed by atoms with Crippen molar-refractivity contribution in [2.45, 2.75) is 44.9 Å². The second-order valence-electron chi connectivity index (χ2n) is 4.32. The van der Waals surface area contributed by atoms with Crippen molar-refractivity contribution in [1.29, 1.82) is 0 Å². The van der Waals surface area contributed by atoms with Gasteiger partial charge in [-0.1, -0.05) is 25.3 Å². The van der Waals surface area contributed by atoms with E-state index in [0.717, 1.165) is 5.82 Å². The minimum Gasteiger partial charge on any atom is -0.383 e. The number of nitrogen functional groups attached to an aromatic ring is 1. The predicted octanol–water partition coefficient (Wildman–Crippen LogP) is 3.02. The number of aryl methyl sites for hydroxylation is 1. The summed E-state index contributed by atoms with van der Waals surface area (Å²) in [5.41, 5.74) is 8.41. The van der Waals surface area contributed by atoms with E-state index in [9.17, 15) is 0 Å². The molecule has 1 aromatic heterocycles. The van der Waals surface area contributed by atoms with E-state index in [-0.39, 0.29) is 0 Å². The molecule has 0 bridgehead atoms. The van der Waals surface area contributed by atoms with Crippen LogP contribution in [0.3, 0.4) is 0 Å². The number of pyridine rings is 1. The molecule has 0 saturated heterocycles. The molecule has 0 aliphatic heterocycles. The molecule has 0 atom stereocenters. The standard InChI is InChI=1S/C12H18N2/c1-9-7-11(12(13)14-8-9)10-5-3-2-4-6-10/h7-8,10H,2-6H2,1H3,(H2,13,14). The normalized spacial score (nSPS) is 18.4. The average Bonchev–Trinajstić information content (AvgIpc) is 2.23. The largest absolute Gasteiger partial charge is 0.383 e. The lowest BCUT2D eigenvalue weighted by molar-refractivity contribution is 0.444. The van der Waals surface area contributed by atoms with Gasteiger partial charge in [-0.25, -0.2) is 4.98 Å². The van der Waals surface area contributed by atoms with Crippen molar-refractivity contribution < 1.29 is 0 Å². The third-order valence-electron chi connectivity index (χ3n) is 3.13. The van der Waals surface area contributed by atoms with E-state index in [0.29, 0.717) is 5.92 Å². The lowest BCUT2D eigenvalue weighted by atomic mass is 9.84. The fourth-order valence-electron chi connectivity index (χ4n) is 2.34. The van der Waals surface area contributed by atoms with E-state index >= 15 is 0 Å². The molecule has 0 unspecified atom stereocenters. The molecule has 2 rings (SSSR count). The summed E-state index contributed by atoms with van der Waals surface area (Å²) in [4.78, 5) is 4.23. The third-order valence-corrected chi connectivity index (χ3v) is 3.13. The first-order valence-corrected chi connectivity index (χ1v) is 5.49. The van der Waals surface area contributed by atoms with Crippen molar-refractivity contribution >= 4 is 5.82 Å². The Labute approximate surface area is 85.5 Å². The van der Waals surface area contributed by atoms with Gasteiger partial charge in [-0.15, -0.1) is 0 Å². The van der Waals surface area contributed by atoms with Gasteiger partial charge in [-0.2, -0.15) is 0 Å². The van der Waals surface area contributed by atoms with Crippen LogP contribution in [-0.2, 0) is 0 Å². The Morgan fingerprint density at radius 2 is 2.00 bits per heavy atom. The molecule has 2 N–H and O–H groups in total. The molecule has 0 spiro atoms. The number of nitrogens with zero attached hydrogens (tertiary/aromatic N) is 1. The van der Waals surface area contributed by atoms with Crippen LogP contribution in [-0.4, -0.2) is 4.98 Å². The third kappa shape index (κ3) is 1.89. The Balaban J connectivity index is 2.24. The SMILES string of the molecule is Cc1cnc(N)c(C2CCCCC2)c1. The first-order chi connectivity index (χ1) is 6.77. The van der Waals surface area contributed by atoms with Gasteiger partial charge in [0.05, 0.1) is 0 Å². The van der Waals surface area contributed by atoms with Crippen molar-refractivity contribution in [3.63, 3.8) is 0 Å². The van der Waals surface area contributed by atoms with Gasteiger partial charge >= 0.3 is 0 Å². The second kappa shape index (κ2) is 3.99. The van der Waals surface area contributed by atoms with E-state index < -0.39 is 0 Å². The van der Waals surface area contributed by atoms with Crippen LogP contribution in [0.4, 0.5) is 5.82 Å². The Bertz CT molecular complexity index is 314. The highest BCUT2D eigenvalue weighted by atomic mass is 14.8. The maximum absolute atomic E-state index is 5.91. The molecule has 2 nitrogen and oxygen atoms in total. The average molecular weight is 190 g/mol. The van der Waals surface area contributed by atoms with E-state index in [1.807, 2.05) is 6.20 Å². The van der Waals surface area contributed by atoms with Gasteiger partial charge in [0.1, 0.15) is 5.82 Å². The summed E-state index contributed by atoms with van der Waals surface area (Å²) in [5, 5.41) is 0. The van der Waals surface area contributed by atoms with Crippen LogP contribution in [0.25, 0.3) is 0 Å². The Morgan fingerprint density at radius 3 is 2.71 bits per heavy atom. The topological polar surface area (TPSA) is 38.9 Å². The van der Waals surface area contributed by atoms with Gasteiger partial charge in [0.25, 0.3) is 0 Å². The zero-order valence-electron chi connectivity index (χ0n) is 8.79. The first kappa shape index (κ1) is 9.50. The number of aromatic nitrogens is 1. The van der Waals surface area contributed by atoms with Crippen molar-refractivity contribution in [2.24, 2.45) is 0 Å². The van der Waals surface area contributed by atoms with Gasteiger partial charge < -0.3 is 5.73 Å². The highest BCUT2D eigenvalue weighted by molar-refractivity contribution is 5.43. The van der Waals surface area contributed by atoms with Gasteiger partial charge in [-0.3, -0.25) is 0 Å². The summed E-state index contributed by atoms with van der Waals surface area (Å²) in [6.07, 6.45) is 8.50. The van der Waals surface area contributed by atoms with Crippen LogP contribution in [0.15, 0.2) is 12.3 Å². The molecule has 1 heterocycles. The van der Waals surface area contributed by atoms with Crippen LogP contribution in [0, 0.1) is 6.92 Å². The van der Waals surface area contributed by atoms with E-state index in [1.54, 1.807) is 0 Å². The minimum atomic E-state index is 0.663. The van der Waals surface area contributed by atoms with Crippen molar-refractivity contribution in [2.75, 3.05) is 5.73 Å². The van der Waals surface area contributed by atoms with Crippen LogP contribution >= 0.6 is 0 Å². The van der Waals surface area contributed by atoms with Gasteiger partial charge in [-0.05, 0) is 36.8 Å².